The molecule has 20 heavy (non-hydrogen) atoms. The minimum Gasteiger partial charge on any atom is -0.465 e. The summed E-state index contributed by atoms with van der Waals surface area (Å²) in [6.07, 6.45) is 1.02. The standard InChI is InChI=1S/C14H11F2NO3/c1-20-14(19)12-6-10(15)3-2-9(12)7-17-8-11(16)4-5-13(17)18/h2-6,8H,7H2,1H3. The van der Waals surface area contributed by atoms with Crippen molar-refractivity contribution in [3.63, 3.8) is 0 Å². The molecule has 1 aromatic carbocycles. The molecule has 4 nitrogen and oxygen atoms in total. The molecule has 0 amide bonds. The van der Waals surface area contributed by atoms with E-state index in [2.05, 4.69) is 4.74 Å². The first-order chi connectivity index (χ1) is 9.51. The van der Waals surface area contributed by atoms with Crippen molar-refractivity contribution in [3.05, 3.63) is 69.6 Å². The predicted molar refractivity (Wildman–Crippen MR) is 67.5 cm³/mol. The van der Waals surface area contributed by atoms with E-state index in [9.17, 15) is 18.4 Å². The van der Waals surface area contributed by atoms with E-state index in [0.717, 1.165) is 35.0 Å². The van der Waals surface area contributed by atoms with Gasteiger partial charge in [-0.1, -0.05) is 6.07 Å². The van der Waals surface area contributed by atoms with Crippen molar-refractivity contribution in [3.8, 4) is 0 Å². The molecule has 0 aliphatic rings. The summed E-state index contributed by atoms with van der Waals surface area (Å²) in [7, 11) is 1.17. The molecule has 6 heteroatoms. The highest BCUT2D eigenvalue weighted by atomic mass is 19.1. The summed E-state index contributed by atoms with van der Waals surface area (Å²) in [6, 6.07) is 5.66. The van der Waals surface area contributed by atoms with E-state index in [1.807, 2.05) is 0 Å². The van der Waals surface area contributed by atoms with Crippen molar-refractivity contribution in [2.45, 2.75) is 6.54 Å². The zero-order chi connectivity index (χ0) is 14.7. The molecule has 0 atom stereocenters. The third-order valence-corrected chi connectivity index (χ3v) is 2.77. The Bertz CT molecular complexity index is 710. The first-order valence-corrected chi connectivity index (χ1v) is 5.74. The Hall–Kier alpha value is -2.50. The predicted octanol–water partition coefficient (Wildman–Crippen LogP) is 1.96. The average Bonchev–Trinajstić information content (AvgIpc) is 2.43. The number of esters is 1. The molecular weight excluding hydrogens is 268 g/mol. The zero-order valence-electron chi connectivity index (χ0n) is 10.6. The lowest BCUT2D eigenvalue weighted by Crippen LogP contribution is -2.21. The van der Waals surface area contributed by atoms with Crippen molar-refractivity contribution in [2.75, 3.05) is 7.11 Å². The topological polar surface area (TPSA) is 48.3 Å². The molecule has 0 aliphatic heterocycles. The fraction of sp³-hybridized carbons (Fsp3) is 0.143. The van der Waals surface area contributed by atoms with Gasteiger partial charge in [0.25, 0.3) is 5.56 Å². The molecule has 0 spiro atoms. The first kappa shape index (κ1) is 13.9. The maximum absolute atomic E-state index is 13.2. The Morgan fingerprint density at radius 3 is 2.60 bits per heavy atom. The van der Waals surface area contributed by atoms with Gasteiger partial charge in [0.05, 0.1) is 19.2 Å². The number of rotatable bonds is 3. The van der Waals surface area contributed by atoms with E-state index in [1.165, 1.54) is 13.2 Å². The fourth-order valence-electron chi connectivity index (χ4n) is 1.80. The van der Waals surface area contributed by atoms with Gasteiger partial charge in [-0.05, 0) is 23.8 Å². The molecule has 0 saturated carbocycles. The van der Waals surface area contributed by atoms with Crippen molar-refractivity contribution in [2.24, 2.45) is 0 Å². The quantitative estimate of drug-likeness (QED) is 0.807. The number of pyridine rings is 1. The van der Waals surface area contributed by atoms with E-state index in [0.29, 0.717) is 5.56 Å². The molecular formula is C14H11F2NO3. The summed E-state index contributed by atoms with van der Waals surface area (Å²) in [6.45, 7) is -0.0543. The number of hydrogen-bond donors (Lipinski definition) is 0. The van der Waals surface area contributed by atoms with Crippen LogP contribution in [0.1, 0.15) is 15.9 Å². The van der Waals surface area contributed by atoms with Crippen molar-refractivity contribution < 1.29 is 18.3 Å². The van der Waals surface area contributed by atoms with Gasteiger partial charge < -0.3 is 9.30 Å². The van der Waals surface area contributed by atoms with Crippen LogP contribution < -0.4 is 5.56 Å². The second-order valence-corrected chi connectivity index (χ2v) is 4.11. The highest BCUT2D eigenvalue weighted by Crippen LogP contribution is 2.14. The van der Waals surface area contributed by atoms with Crippen LogP contribution in [-0.4, -0.2) is 17.6 Å². The number of aromatic nitrogens is 1. The summed E-state index contributed by atoms with van der Waals surface area (Å²) in [5, 5.41) is 0. The van der Waals surface area contributed by atoms with E-state index < -0.39 is 23.2 Å². The lowest BCUT2D eigenvalue weighted by molar-refractivity contribution is 0.0598. The molecule has 0 N–H and O–H groups in total. The van der Waals surface area contributed by atoms with Crippen LogP contribution in [0, 0.1) is 11.6 Å². The Kier molecular flexibility index (Phi) is 3.93. The lowest BCUT2D eigenvalue weighted by Gasteiger charge is -2.10. The van der Waals surface area contributed by atoms with Crippen LogP contribution in [0.5, 0.6) is 0 Å². The van der Waals surface area contributed by atoms with Gasteiger partial charge in [-0.2, -0.15) is 0 Å². The molecule has 0 unspecified atom stereocenters. The van der Waals surface area contributed by atoms with Gasteiger partial charge in [-0.15, -0.1) is 0 Å². The van der Waals surface area contributed by atoms with Gasteiger partial charge in [0.2, 0.25) is 0 Å². The van der Waals surface area contributed by atoms with Gasteiger partial charge >= 0.3 is 5.97 Å². The van der Waals surface area contributed by atoms with Gasteiger partial charge in [-0.3, -0.25) is 4.79 Å². The molecule has 2 rings (SSSR count). The zero-order valence-corrected chi connectivity index (χ0v) is 10.6. The van der Waals surface area contributed by atoms with Gasteiger partial charge in [0.15, 0.2) is 0 Å². The van der Waals surface area contributed by atoms with E-state index in [-0.39, 0.29) is 12.1 Å². The average molecular weight is 279 g/mol. The SMILES string of the molecule is COC(=O)c1cc(F)ccc1Cn1cc(F)ccc1=O. The number of ether oxygens (including phenoxy) is 1. The molecule has 0 aliphatic carbocycles. The van der Waals surface area contributed by atoms with Crippen LogP contribution >= 0.6 is 0 Å². The maximum Gasteiger partial charge on any atom is 0.338 e. The second kappa shape index (κ2) is 5.64. The number of hydrogen-bond acceptors (Lipinski definition) is 3. The highest BCUT2D eigenvalue weighted by Gasteiger charge is 2.14. The molecule has 0 radical (unpaired) electrons. The summed E-state index contributed by atoms with van der Waals surface area (Å²) < 4.78 is 32.0. The van der Waals surface area contributed by atoms with Crippen LogP contribution in [0.2, 0.25) is 0 Å². The lowest BCUT2D eigenvalue weighted by atomic mass is 10.1. The van der Waals surface area contributed by atoms with Crippen LogP contribution in [0.15, 0.2) is 41.3 Å². The summed E-state index contributed by atoms with van der Waals surface area (Å²) in [5.41, 5.74) is -0.0545. The maximum atomic E-state index is 13.2. The van der Waals surface area contributed by atoms with E-state index >= 15 is 0 Å². The van der Waals surface area contributed by atoms with Crippen molar-refractivity contribution in [1.82, 2.24) is 4.57 Å². The normalized spacial score (nSPS) is 10.3. The molecule has 104 valence electrons. The van der Waals surface area contributed by atoms with Crippen molar-refractivity contribution in [1.29, 1.82) is 0 Å². The van der Waals surface area contributed by atoms with Gasteiger partial charge in [0, 0.05) is 12.3 Å². The number of nitrogens with zero attached hydrogens (tertiary/aromatic N) is 1. The number of carbonyl (C=O) groups excluding carboxylic acids is 1. The van der Waals surface area contributed by atoms with Crippen LogP contribution in [-0.2, 0) is 11.3 Å². The number of halogens is 2. The highest BCUT2D eigenvalue weighted by molar-refractivity contribution is 5.91. The van der Waals surface area contributed by atoms with Crippen LogP contribution in [0.3, 0.4) is 0 Å². The number of carbonyl (C=O) groups is 1. The first-order valence-electron chi connectivity index (χ1n) is 5.74. The Morgan fingerprint density at radius 2 is 1.90 bits per heavy atom. The molecule has 1 heterocycles. The molecule has 0 saturated heterocycles. The second-order valence-electron chi connectivity index (χ2n) is 4.11. The third-order valence-electron chi connectivity index (χ3n) is 2.77. The van der Waals surface area contributed by atoms with Crippen LogP contribution in [0.25, 0.3) is 0 Å². The van der Waals surface area contributed by atoms with Gasteiger partial charge in [0.1, 0.15) is 11.6 Å². The summed E-state index contributed by atoms with van der Waals surface area (Å²) >= 11 is 0. The summed E-state index contributed by atoms with van der Waals surface area (Å²) in [5.74, 6) is -1.89. The number of methoxy groups -OCH3 is 1. The molecule has 2 aromatic rings. The molecule has 0 bridgehead atoms. The number of benzene rings is 1. The smallest absolute Gasteiger partial charge is 0.338 e. The van der Waals surface area contributed by atoms with Crippen LogP contribution in [0.4, 0.5) is 8.78 Å². The monoisotopic (exact) mass is 279 g/mol. The summed E-state index contributed by atoms with van der Waals surface area (Å²) in [4.78, 5) is 23.2. The Labute approximate surface area is 113 Å². The van der Waals surface area contributed by atoms with E-state index in [1.54, 1.807) is 0 Å². The largest absolute Gasteiger partial charge is 0.465 e. The molecule has 0 fully saturated rings. The molecule has 1 aromatic heterocycles. The van der Waals surface area contributed by atoms with Gasteiger partial charge in [-0.25, -0.2) is 13.6 Å². The third kappa shape index (κ3) is 2.90. The van der Waals surface area contributed by atoms with E-state index in [4.69, 9.17) is 0 Å². The Morgan fingerprint density at radius 1 is 1.20 bits per heavy atom. The minimum atomic E-state index is -0.719. The Balaban J connectivity index is 2.45. The fourth-order valence-corrected chi connectivity index (χ4v) is 1.80. The van der Waals surface area contributed by atoms with Crippen molar-refractivity contribution >= 4 is 5.97 Å². The minimum absolute atomic E-state index is 0.00339.